The molecule has 0 aliphatic rings. The van der Waals surface area contributed by atoms with Gasteiger partial charge in [-0.15, -0.1) is 0 Å². The Bertz CT molecular complexity index is 943. The summed E-state index contributed by atoms with van der Waals surface area (Å²) in [5.41, 5.74) is 2.96. The molecule has 0 bridgehead atoms. The van der Waals surface area contributed by atoms with Crippen molar-refractivity contribution < 1.29 is 9.18 Å². The summed E-state index contributed by atoms with van der Waals surface area (Å²) in [7, 11) is 0. The molecule has 0 radical (unpaired) electrons. The Hall–Kier alpha value is -3.28. The lowest BCUT2D eigenvalue weighted by atomic mass is 10.1. The first-order valence-corrected chi connectivity index (χ1v) is 8.22. The summed E-state index contributed by atoms with van der Waals surface area (Å²) in [6.07, 6.45) is 0. The van der Waals surface area contributed by atoms with Gasteiger partial charge in [0.2, 0.25) is 0 Å². The van der Waals surface area contributed by atoms with Crippen LogP contribution < -0.4 is 10.6 Å². The van der Waals surface area contributed by atoms with E-state index >= 15 is 0 Å². The highest BCUT2D eigenvalue weighted by atomic mass is 19.1. The summed E-state index contributed by atoms with van der Waals surface area (Å²) >= 11 is 0. The third-order valence-electron chi connectivity index (χ3n) is 3.87. The van der Waals surface area contributed by atoms with Gasteiger partial charge in [0.05, 0.1) is 0 Å². The topological polar surface area (TPSA) is 66.9 Å². The quantitative estimate of drug-likeness (QED) is 0.732. The van der Waals surface area contributed by atoms with Crippen molar-refractivity contribution in [3.63, 3.8) is 0 Å². The number of nitrogens with zero attached hydrogens (tertiary/aromatic N) is 2. The summed E-state index contributed by atoms with van der Waals surface area (Å²) in [6.45, 7) is 4.12. The van der Waals surface area contributed by atoms with Crippen molar-refractivity contribution in [1.82, 2.24) is 15.3 Å². The maximum Gasteiger partial charge on any atom is 0.270 e. The second kappa shape index (κ2) is 7.74. The number of carbonyl (C=O) groups excluding carboxylic acids is 1. The van der Waals surface area contributed by atoms with E-state index in [0.29, 0.717) is 23.9 Å². The molecule has 5 nitrogen and oxygen atoms in total. The lowest BCUT2D eigenvalue weighted by Gasteiger charge is -2.10. The van der Waals surface area contributed by atoms with Crippen LogP contribution in [0.4, 0.5) is 15.9 Å². The molecule has 3 rings (SSSR count). The molecule has 0 unspecified atom stereocenters. The molecule has 1 aromatic heterocycles. The molecular weight excluding hydrogens is 331 g/mol. The summed E-state index contributed by atoms with van der Waals surface area (Å²) in [6, 6.07) is 15.4. The smallest absolute Gasteiger partial charge is 0.270 e. The molecule has 2 aromatic carbocycles. The molecule has 1 heterocycles. The van der Waals surface area contributed by atoms with Gasteiger partial charge in [0.25, 0.3) is 5.91 Å². The van der Waals surface area contributed by atoms with Crippen LogP contribution in [-0.2, 0) is 6.54 Å². The van der Waals surface area contributed by atoms with E-state index in [9.17, 15) is 9.18 Å². The molecule has 6 heteroatoms. The molecule has 132 valence electrons. The normalized spacial score (nSPS) is 10.4. The minimum absolute atomic E-state index is 0.255. The number of hydrogen-bond donors (Lipinski definition) is 2. The Morgan fingerprint density at radius 1 is 1.04 bits per heavy atom. The first-order valence-electron chi connectivity index (χ1n) is 8.22. The molecular formula is C20H19FN4O. The first-order chi connectivity index (χ1) is 12.5. The van der Waals surface area contributed by atoms with Gasteiger partial charge in [0, 0.05) is 18.3 Å². The van der Waals surface area contributed by atoms with E-state index < -0.39 is 0 Å². The van der Waals surface area contributed by atoms with Crippen molar-refractivity contribution in [3.05, 3.63) is 83.1 Å². The summed E-state index contributed by atoms with van der Waals surface area (Å²) in [5.74, 6) is 0.245. The van der Waals surface area contributed by atoms with Gasteiger partial charge in [0.1, 0.15) is 23.2 Å². The Kier molecular flexibility index (Phi) is 5.22. The highest BCUT2D eigenvalue weighted by molar-refractivity contribution is 5.93. The predicted octanol–water partition coefficient (Wildman–Crippen LogP) is 3.91. The molecule has 0 spiro atoms. The Morgan fingerprint density at radius 3 is 2.62 bits per heavy atom. The van der Waals surface area contributed by atoms with Crippen LogP contribution in [0.3, 0.4) is 0 Å². The molecule has 0 aliphatic heterocycles. The van der Waals surface area contributed by atoms with Crippen LogP contribution in [-0.4, -0.2) is 15.9 Å². The predicted molar refractivity (Wildman–Crippen MR) is 98.8 cm³/mol. The number of rotatable bonds is 5. The highest BCUT2D eigenvalue weighted by Crippen LogP contribution is 2.16. The average molecular weight is 350 g/mol. The Balaban J connectivity index is 1.74. The van der Waals surface area contributed by atoms with Gasteiger partial charge in [-0.2, -0.15) is 0 Å². The van der Waals surface area contributed by atoms with Gasteiger partial charge < -0.3 is 10.6 Å². The van der Waals surface area contributed by atoms with Crippen LogP contribution in [0, 0.1) is 19.7 Å². The largest absolute Gasteiger partial charge is 0.347 e. The lowest BCUT2D eigenvalue weighted by Crippen LogP contribution is -2.24. The first kappa shape index (κ1) is 17.5. The van der Waals surface area contributed by atoms with Crippen LogP contribution in [0.15, 0.2) is 54.6 Å². The summed E-state index contributed by atoms with van der Waals surface area (Å²) in [5, 5.41) is 5.86. The van der Waals surface area contributed by atoms with Crippen LogP contribution >= 0.6 is 0 Å². The van der Waals surface area contributed by atoms with Crippen molar-refractivity contribution in [3.8, 4) is 0 Å². The zero-order chi connectivity index (χ0) is 18.5. The fourth-order valence-electron chi connectivity index (χ4n) is 2.54. The molecule has 2 N–H and O–H groups in total. The van der Waals surface area contributed by atoms with E-state index in [2.05, 4.69) is 20.6 Å². The van der Waals surface area contributed by atoms with Gasteiger partial charge in [0.15, 0.2) is 0 Å². The van der Waals surface area contributed by atoms with Crippen molar-refractivity contribution in [2.75, 3.05) is 5.32 Å². The average Bonchev–Trinajstić information content (AvgIpc) is 2.60. The molecule has 26 heavy (non-hydrogen) atoms. The fourth-order valence-corrected chi connectivity index (χ4v) is 2.54. The molecule has 3 aromatic rings. The number of halogens is 1. The summed E-state index contributed by atoms with van der Waals surface area (Å²) in [4.78, 5) is 20.9. The van der Waals surface area contributed by atoms with E-state index in [1.807, 2.05) is 31.2 Å². The second-order valence-electron chi connectivity index (χ2n) is 5.93. The van der Waals surface area contributed by atoms with Crippen molar-refractivity contribution >= 4 is 17.4 Å². The van der Waals surface area contributed by atoms with E-state index in [1.165, 1.54) is 12.1 Å². The standard InChI is InChI=1S/C20H19FN4O/c1-13-6-3-4-7-15(13)12-22-20(26)18-11-19(24-14(2)23-18)25-17-9-5-8-16(21)10-17/h3-11H,12H2,1-2H3,(H,22,26)(H,23,24,25). The number of aromatic nitrogens is 2. The molecule has 0 aliphatic carbocycles. The number of benzene rings is 2. The number of anilines is 2. The maximum atomic E-state index is 13.3. The maximum absolute atomic E-state index is 13.3. The van der Waals surface area contributed by atoms with Gasteiger partial charge in [-0.05, 0) is 43.2 Å². The van der Waals surface area contributed by atoms with Gasteiger partial charge in [-0.3, -0.25) is 4.79 Å². The second-order valence-corrected chi connectivity index (χ2v) is 5.93. The van der Waals surface area contributed by atoms with Crippen molar-refractivity contribution in [2.24, 2.45) is 0 Å². The minimum Gasteiger partial charge on any atom is -0.347 e. The minimum atomic E-state index is -0.350. The van der Waals surface area contributed by atoms with Crippen LogP contribution in [0.25, 0.3) is 0 Å². The van der Waals surface area contributed by atoms with Crippen LogP contribution in [0.5, 0.6) is 0 Å². The third-order valence-corrected chi connectivity index (χ3v) is 3.87. The van der Waals surface area contributed by atoms with Gasteiger partial charge >= 0.3 is 0 Å². The van der Waals surface area contributed by atoms with Crippen LogP contribution in [0.2, 0.25) is 0 Å². The number of nitrogens with one attached hydrogen (secondary N) is 2. The molecule has 0 fully saturated rings. The molecule has 0 saturated carbocycles. The number of carbonyl (C=O) groups is 1. The van der Waals surface area contributed by atoms with E-state index in [0.717, 1.165) is 11.1 Å². The van der Waals surface area contributed by atoms with Crippen LogP contribution in [0.1, 0.15) is 27.4 Å². The Labute approximate surface area is 151 Å². The number of aryl methyl sites for hydroxylation is 2. The molecule has 1 amide bonds. The van der Waals surface area contributed by atoms with E-state index in [1.54, 1.807) is 25.1 Å². The summed E-state index contributed by atoms with van der Waals surface area (Å²) < 4.78 is 13.3. The molecule has 0 saturated heterocycles. The van der Waals surface area contributed by atoms with E-state index in [4.69, 9.17) is 0 Å². The zero-order valence-electron chi connectivity index (χ0n) is 14.6. The zero-order valence-corrected chi connectivity index (χ0v) is 14.6. The SMILES string of the molecule is Cc1nc(Nc2cccc(F)c2)cc(C(=O)NCc2ccccc2C)n1. The number of amides is 1. The number of hydrogen-bond acceptors (Lipinski definition) is 4. The fraction of sp³-hybridized carbons (Fsp3) is 0.150. The monoisotopic (exact) mass is 350 g/mol. The van der Waals surface area contributed by atoms with Crippen molar-refractivity contribution in [1.29, 1.82) is 0 Å². The van der Waals surface area contributed by atoms with E-state index in [-0.39, 0.29) is 17.4 Å². The third kappa shape index (κ3) is 4.42. The lowest BCUT2D eigenvalue weighted by molar-refractivity contribution is 0.0945. The van der Waals surface area contributed by atoms with Gasteiger partial charge in [-0.1, -0.05) is 30.3 Å². The highest BCUT2D eigenvalue weighted by Gasteiger charge is 2.11. The van der Waals surface area contributed by atoms with Gasteiger partial charge in [-0.25, -0.2) is 14.4 Å². The molecule has 0 atom stereocenters. The van der Waals surface area contributed by atoms with Crippen molar-refractivity contribution in [2.45, 2.75) is 20.4 Å². The Morgan fingerprint density at radius 2 is 1.85 bits per heavy atom.